The van der Waals surface area contributed by atoms with Crippen LogP contribution in [0, 0.1) is 18.3 Å². The van der Waals surface area contributed by atoms with Crippen LogP contribution in [0.5, 0.6) is 0 Å². The first-order valence-corrected chi connectivity index (χ1v) is 9.26. The Balaban J connectivity index is 1.73. The normalized spacial score (nSPS) is 11.1. The van der Waals surface area contributed by atoms with Crippen LogP contribution in [0.1, 0.15) is 11.3 Å². The Morgan fingerprint density at radius 3 is 2.59 bits per heavy atom. The van der Waals surface area contributed by atoms with Crippen molar-refractivity contribution in [2.75, 3.05) is 5.32 Å². The first-order chi connectivity index (χ1) is 13.0. The molecule has 0 aliphatic rings. The van der Waals surface area contributed by atoms with Crippen molar-refractivity contribution in [1.29, 1.82) is 5.26 Å². The Labute approximate surface area is 166 Å². The van der Waals surface area contributed by atoms with Gasteiger partial charge in [-0.15, -0.1) is 0 Å². The third-order valence-electron chi connectivity index (χ3n) is 3.62. The molecule has 0 unspecified atom stereocenters. The fourth-order valence-electron chi connectivity index (χ4n) is 2.23. The van der Waals surface area contributed by atoms with Crippen molar-refractivity contribution >= 4 is 41.0 Å². The number of hydrogen-bond donors (Lipinski definition) is 1. The number of anilines is 1. The van der Waals surface area contributed by atoms with Gasteiger partial charge in [-0.1, -0.05) is 53.2 Å². The molecule has 3 aromatic rings. The van der Waals surface area contributed by atoms with Crippen LogP contribution in [0.3, 0.4) is 0 Å². The van der Waals surface area contributed by atoms with E-state index in [1.807, 2.05) is 37.3 Å². The maximum atomic E-state index is 12.3. The number of nitriles is 1. The zero-order valence-corrected chi connectivity index (χ0v) is 16.0. The lowest BCUT2D eigenvalue weighted by molar-refractivity contribution is -0.112. The Morgan fingerprint density at radius 2 is 1.89 bits per heavy atom. The molecule has 1 aromatic heterocycles. The highest BCUT2D eigenvalue weighted by Gasteiger charge is 2.12. The smallest absolute Gasteiger partial charge is 0.266 e. The van der Waals surface area contributed by atoms with Gasteiger partial charge >= 0.3 is 0 Å². The summed E-state index contributed by atoms with van der Waals surface area (Å²) >= 11 is 7.50. The Kier molecular flexibility index (Phi) is 6.02. The van der Waals surface area contributed by atoms with Crippen LogP contribution in [0.25, 0.3) is 6.08 Å². The minimum atomic E-state index is -0.547. The van der Waals surface area contributed by atoms with E-state index in [9.17, 15) is 10.1 Å². The largest absolute Gasteiger partial charge is 0.450 e. The molecular weight excluding hydrogens is 380 g/mol. The molecule has 1 N–H and O–H groups in total. The molecule has 3 rings (SSSR count). The zero-order valence-electron chi connectivity index (χ0n) is 14.4. The molecule has 6 heteroatoms. The quantitative estimate of drug-likeness (QED) is 0.429. The number of rotatable bonds is 5. The summed E-state index contributed by atoms with van der Waals surface area (Å²) in [6, 6.07) is 20.3. The molecule has 0 fully saturated rings. The molecular formula is C21H15ClN2O2S. The van der Waals surface area contributed by atoms with Gasteiger partial charge in [-0.2, -0.15) is 5.26 Å². The van der Waals surface area contributed by atoms with E-state index in [0.717, 1.165) is 4.90 Å². The van der Waals surface area contributed by atoms with Gasteiger partial charge in [0.25, 0.3) is 5.91 Å². The summed E-state index contributed by atoms with van der Waals surface area (Å²) in [6.45, 7) is 2.03. The average molecular weight is 395 g/mol. The summed E-state index contributed by atoms with van der Waals surface area (Å²) in [5.41, 5.74) is 1.56. The number of aryl methyl sites for hydroxylation is 1. The van der Waals surface area contributed by atoms with Crippen LogP contribution >= 0.6 is 23.4 Å². The first kappa shape index (κ1) is 18.8. The fourth-order valence-corrected chi connectivity index (χ4v) is 3.19. The molecule has 4 nitrogen and oxygen atoms in total. The van der Waals surface area contributed by atoms with Gasteiger partial charge in [-0.3, -0.25) is 4.79 Å². The number of amides is 1. The first-order valence-electron chi connectivity index (χ1n) is 8.07. The molecule has 134 valence electrons. The molecule has 0 aliphatic carbocycles. The van der Waals surface area contributed by atoms with Gasteiger partial charge < -0.3 is 9.73 Å². The summed E-state index contributed by atoms with van der Waals surface area (Å²) < 4.78 is 5.70. The molecule has 0 saturated heterocycles. The molecule has 1 heterocycles. The van der Waals surface area contributed by atoms with E-state index < -0.39 is 5.91 Å². The second kappa shape index (κ2) is 8.63. The van der Waals surface area contributed by atoms with Crippen LogP contribution in [0.4, 0.5) is 5.69 Å². The number of nitrogens with zero attached hydrogens (tertiary/aromatic N) is 1. The van der Waals surface area contributed by atoms with Gasteiger partial charge in [0, 0.05) is 11.0 Å². The molecule has 2 aromatic carbocycles. The number of carbonyl (C=O) groups excluding carboxylic acids is 1. The second-order valence-corrected chi connectivity index (χ2v) is 7.16. The predicted molar refractivity (Wildman–Crippen MR) is 108 cm³/mol. The lowest BCUT2D eigenvalue weighted by Crippen LogP contribution is -2.13. The van der Waals surface area contributed by atoms with Gasteiger partial charge in [0.1, 0.15) is 17.4 Å². The molecule has 27 heavy (non-hydrogen) atoms. The maximum absolute atomic E-state index is 12.3. The Bertz CT molecular complexity index is 1030. The van der Waals surface area contributed by atoms with Gasteiger partial charge in [0.05, 0.1) is 10.7 Å². The lowest BCUT2D eigenvalue weighted by Gasteiger charge is -2.05. The minimum absolute atomic E-state index is 0.0730. The van der Waals surface area contributed by atoms with E-state index >= 15 is 0 Å². The summed E-state index contributed by atoms with van der Waals surface area (Å²) in [5, 5.41) is 13.0. The van der Waals surface area contributed by atoms with Crippen LogP contribution in [0.15, 0.2) is 80.6 Å². The van der Waals surface area contributed by atoms with Gasteiger partial charge in [-0.05, 0) is 43.3 Å². The number of halogens is 1. The van der Waals surface area contributed by atoms with Crippen molar-refractivity contribution in [2.45, 2.75) is 16.9 Å². The summed E-state index contributed by atoms with van der Waals surface area (Å²) in [6.07, 6.45) is 1.41. The summed E-state index contributed by atoms with van der Waals surface area (Å²) in [4.78, 5) is 13.4. The van der Waals surface area contributed by atoms with Crippen molar-refractivity contribution in [1.82, 2.24) is 0 Å². The van der Waals surface area contributed by atoms with E-state index in [1.165, 1.54) is 23.4 Å². The van der Waals surface area contributed by atoms with E-state index in [-0.39, 0.29) is 5.57 Å². The fraction of sp³-hybridized carbons (Fsp3) is 0.0476. The standard InChI is InChI=1S/C21H15ClN2O2S/c1-14-6-9-17(10-7-14)27-20-11-8-16(26-20)12-15(13-23)21(25)24-19-5-3-2-4-18(19)22/h2-12H,1H3,(H,24,25)/b15-12-. The molecule has 0 atom stereocenters. The summed E-state index contributed by atoms with van der Waals surface area (Å²) in [5.74, 6) is -0.120. The third kappa shape index (κ3) is 5.04. The zero-order chi connectivity index (χ0) is 19.2. The van der Waals surface area contributed by atoms with Gasteiger partial charge in [0.2, 0.25) is 0 Å². The van der Waals surface area contributed by atoms with Gasteiger partial charge in [0.15, 0.2) is 5.09 Å². The molecule has 0 spiro atoms. The molecule has 0 saturated carbocycles. The van der Waals surface area contributed by atoms with Crippen LogP contribution in [0.2, 0.25) is 5.02 Å². The van der Waals surface area contributed by atoms with Crippen molar-refractivity contribution in [3.63, 3.8) is 0 Å². The van der Waals surface area contributed by atoms with E-state index in [0.29, 0.717) is 21.6 Å². The summed E-state index contributed by atoms with van der Waals surface area (Å²) in [7, 11) is 0. The molecule has 0 radical (unpaired) electrons. The van der Waals surface area contributed by atoms with Crippen LogP contribution in [-0.2, 0) is 4.79 Å². The number of benzene rings is 2. The van der Waals surface area contributed by atoms with Gasteiger partial charge in [-0.25, -0.2) is 0 Å². The third-order valence-corrected chi connectivity index (χ3v) is 4.87. The lowest BCUT2D eigenvalue weighted by atomic mass is 10.2. The Hall–Kier alpha value is -2.94. The predicted octanol–water partition coefficient (Wildman–Crippen LogP) is 5.94. The molecule has 1 amide bonds. The second-order valence-electron chi connectivity index (χ2n) is 5.68. The molecule has 0 bridgehead atoms. The number of para-hydroxylation sites is 1. The highest BCUT2D eigenvalue weighted by molar-refractivity contribution is 7.99. The van der Waals surface area contributed by atoms with Crippen molar-refractivity contribution < 1.29 is 9.21 Å². The topological polar surface area (TPSA) is 66.0 Å². The molecule has 0 aliphatic heterocycles. The van der Waals surface area contributed by atoms with E-state index in [2.05, 4.69) is 5.32 Å². The van der Waals surface area contributed by atoms with E-state index in [1.54, 1.807) is 36.4 Å². The average Bonchev–Trinajstić information content (AvgIpc) is 3.10. The maximum Gasteiger partial charge on any atom is 0.266 e. The van der Waals surface area contributed by atoms with Crippen molar-refractivity contribution in [3.8, 4) is 6.07 Å². The monoisotopic (exact) mass is 394 g/mol. The number of furan rings is 1. The van der Waals surface area contributed by atoms with Crippen molar-refractivity contribution in [2.24, 2.45) is 0 Å². The number of carbonyl (C=O) groups is 1. The van der Waals surface area contributed by atoms with Crippen molar-refractivity contribution in [3.05, 3.63) is 82.6 Å². The SMILES string of the molecule is Cc1ccc(Sc2ccc(/C=C(/C#N)C(=O)Nc3ccccc3Cl)o2)cc1. The number of nitrogens with one attached hydrogen (secondary N) is 1. The Morgan fingerprint density at radius 1 is 1.15 bits per heavy atom. The van der Waals surface area contributed by atoms with Crippen LogP contribution < -0.4 is 5.32 Å². The minimum Gasteiger partial charge on any atom is -0.450 e. The van der Waals surface area contributed by atoms with E-state index in [4.69, 9.17) is 16.0 Å². The number of hydrogen-bond acceptors (Lipinski definition) is 4. The van der Waals surface area contributed by atoms with Crippen LogP contribution in [-0.4, -0.2) is 5.91 Å². The highest BCUT2D eigenvalue weighted by atomic mass is 35.5. The highest BCUT2D eigenvalue weighted by Crippen LogP contribution is 2.30.